The van der Waals surface area contributed by atoms with Crippen molar-refractivity contribution < 1.29 is 18.4 Å². The third kappa shape index (κ3) is 3.78. The Morgan fingerprint density at radius 1 is 1.17 bits per heavy atom. The van der Waals surface area contributed by atoms with Gasteiger partial charge in [0, 0.05) is 0 Å². The first-order valence-corrected chi connectivity index (χ1v) is 7.44. The molecule has 0 amide bonds. The first-order chi connectivity index (χ1) is 11.1. The fourth-order valence-corrected chi connectivity index (χ4v) is 2.15. The highest BCUT2D eigenvalue weighted by molar-refractivity contribution is 9.10. The van der Waals surface area contributed by atoms with Crippen LogP contribution in [0.1, 0.15) is 5.56 Å². The zero-order valence-corrected chi connectivity index (χ0v) is 13.4. The molecule has 0 N–H and O–H groups in total. The number of benzene rings is 1. The van der Waals surface area contributed by atoms with Gasteiger partial charge in [-0.15, -0.1) is 5.10 Å². The summed E-state index contributed by atoms with van der Waals surface area (Å²) in [4.78, 5) is 23.5. The van der Waals surface area contributed by atoms with Crippen molar-refractivity contribution in [3.63, 3.8) is 0 Å². The molecule has 3 rings (SSSR count). The Balaban J connectivity index is 1.65. The molecule has 0 aliphatic heterocycles. The maximum Gasteiger partial charge on any atom is 0.438 e. The number of carbonyl (C=O) groups excluding carboxylic acids is 1. The largest absolute Gasteiger partial charge is 0.459 e. The van der Waals surface area contributed by atoms with Crippen molar-refractivity contribution >= 4 is 21.9 Å². The predicted octanol–water partition coefficient (Wildman–Crippen LogP) is 2.60. The van der Waals surface area contributed by atoms with E-state index in [4.69, 9.17) is 13.6 Å². The van der Waals surface area contributed by atoms with Crippen LogP contribution in [0.3, 0.4) is 0 Å². The first kappa shape index (κ1) is 15.3. The number of hydrogen-bond donors (Lipinski definition) is 0. The van der Waals surface area contributed by atoms with Gasteiger partial charge in [0.05, 0.1) is 0 Å². The topological polar surface area (TPSA) is 87.5 Å². The minimum absolute atomic E-state index is 0.00319. The molecule has 0 aliphatic carbocycles. The van der Waals surface area contributed by atoms with E-state index in [1.54, 1.807) is 12.1 Å². The van der Waals surface area contributed by atoms with Crippen LogP contribution in [-0.2, 0) is 22.7 Å². The lowest BCUT2D eigenvalue weighted by molar-refractivity contribution is -0.146. The summed E-state index contributed by atoms with van der Waals surface area (Å²) in [5.74, 6) is -1.07. The third-order valence-electron chi connectivity index (χ3n) is 2.91. The number of esters is 1. The Labute approximate surface area is 138 Å². The van der Waals surface area contributed by atoms with Gasteiger partial charge in [-0.1, -0.05) is 30.3 Å². The summed E-state index contributed by atoms with van der Waals surface area (Å²) in [6.07, 6.45) is 0. The Hall–Kier alpha value is -2.61. The molecule has 0 spiro atoms. The van der Waals surface area contributed by atoms with E-state index in [0.717, 1.165) is 10.2 Å². The Morgan fingerprint density at radius 2 is 1.96 bits per heavy atom. The number of furan rings is 1. The molecule has 118 valence electrons. The number of rotatable bonds is 5. The van der Waals surface area contributed by atoms with Gasteiger partial charge in [-0.25, -0.2) is 4.79 Å². The monoisotopic (exact) mass is 378 g/mol. The first-order valence-electron chi connectivity index (χ1n) is 6.65. The van der Waals surface area contributed by atoms with Crippen molar-refractivity contribution in [3.05, 3.63) is 63.2 Å². The summed E-state index contributed by atoms with van der Waals surface area (Å²) >= 11 is 3.14. The summed E-state index contributed by atoms with van der Waals surface area (Å²) in [6.45, 7) is -0.207. The predicted molar refractivity (Wildman–Crippen MR) is 82.4 cm³/mol. The quantitative estimate of drug-likeness (QED) is 0.634. The van der Waals surface area contributed by atoms with E-state index in [1.165, 1.54) is 0 Å². The molecule has 0 aliphatic rings. The smallest absolute Gasteiger partial charge is 0.438 e. The van der Waals surface area contributed by atoms with Gasteiger partial charge in [0.1, 0.15) is 13.2 Å². The number of aromatic nitrogens is 2. The van der Waals surface area contributed by atoms with Crippen molar-refractivity contribution in [2.45, 2.75) is 13.2 Å². The van der Waals surface area contributed by atoms with Gasteiger partial charge >= 0.3 is 11.7 Å². The maximum atomic E-state index is 11.8. The van der Waals surface area contributed by atoms with Crippen LogP contribution in [0.5, 0.6) is 0 Å². The van der Waals surface area contributed by atoms with Crippen molar-refractivity contribution in [1.82, 2.24) is 9.78 Å². The Morgan fingerprint density at radius 3 is 2.65 bits per heavy atom. The highest BCUT2D eigenvalue weighted by Crippen LogP contribution is 2.22. The van der Waals surface area contributed by atoms with Gasteiger partial charge < -0.3 is 13.6 Å². The van der Waals surface area contributed by atoms with E-state index in [1.807, 2.05) is 30.3 Å². The maximum absolute atomic E-state index is 11.8. The summed E-state index contributed by atoms with van der Waals surface area (Å²) < 4.78 is 16.7. The summed E-state index contributed by atoms with van der Waals surface area (Å²) in [5.41, 5.74) is 0.856. The zero-order valence-electron chi connectivity index (χ0n) is 11.8. The van der Waals surface area contributed by atoms with Gasteiger partial charge in [0.25, 0.3) is 5.89 Å². The molecule has 0 atom stereocenters. The number of carbonyl (C=O) groups is 1. The molecule has 0 radical (unpaired) electrons. The fourth-order valence-electron chi connectivity index (χ4n) is 1.84. The minimum atomic E-state index is -0.760. The molecule has 0 saturated heterocycles. The number of ether oxygens (including phenoxy) is 1. The number of halogens is 1. The van der Waals surface area contributed by atoms with Crippen LogP contribution >= 0.6 is 15.9 Å². The van der Waals surface area contributed by atoms with E-state index in [9.17, 15) is 9.59 Å². The van der Waals surface area contributed by atoms with Gasteiger partial charge in [0.15, 0.2) is 10.4 Å². The van der Waals surface area contributed by atoms with Crippen LogP contribution in [0.2, 0.25) is 0 Å². The van der Waals surface area contributed by atoms with Crippen LogP contribution < -0.4 is 5.76 Å². The lowest BCUT2D eigenvalue weighted by Crippen LogP contribution is -2.22. The summed E-state index contributed by atoms with van der Waals surface area (Å²) in [5, 5.41) is 3.91. The molecule has 0 saturated carbocycles. The molecule has 2 heterocycles. The molecule has 3 aromatic rings. The molecule has 1 aromatic carbocycles. The second-order valence-corrected chi connectivity index (χ2v) is 5.36. The van der Waals surface area contributed by atoms with Crippen LogP contribution in [0.15, 0.2) is 60.8 Å². The van der Waals surface area contributed by atoms with Crippen molar-refractivity contribution in [2.24, 2.45) is 0 Å². The van der Waals surface area contributed by atoms with E-state index in [0.29, 0.717) is 4.67 Å². The normalized spacial score (nSPS) is 10.7. The van der Waals surface area contributed by atoms with E-state index in [2.05, 4.69) is 21.0 Å². The van der Waals surface area contributed by atoms with Gasteiger partial charge in [-0.05, 0) is 33.6 Å². The van der Waals surface area contributed by atoms with Crippen molar-refractivity contribution in [3.8, 4) is 11.7 Å². The lowest BCUT2D eigenvalue weighted by Gasteiger charge is -2.03. The molecular formula is C15H11BrN2O5. The second-order valence-electron chi connectivity index (χ2n) is 4.58. The average molecular weight is 379 g/mol. The van der Waals surface area contributed by atoms with Crippen LogP contribution in [0.4, 0.5) is 0 Å². The molecule has 8 heteroatoms. The third-order valence-corrected chi connectivity index (χ3v) is 3.34. The highest BCUT2D eigenvalue weighted by atomic mass is 79.9. The Kier molecular flexibility index (Phi) is 4.42. The van der Waals surface area contributed by atoms with E-state index >= 15 is 0 Å². The Bertz CT molecular complexity index is 865. The fraction of sp³-hybridized carbons (Fsp3) is 0.133. The SMILES string of the molecule is O=C(Cn1nc(-c2ccc(Br)o2)oc1=O)OCc1ccccc1. The van der Waals surface area contributed by atoms with Gasteiger partial charge in [0.2, 0.25) is 0 Å². The number of hydrogen-bond acceptors (Lipinski definition) is 6. The van der Waals surface area contributed by atoms with Crippen LogP contribution in [-0.4, -0.2) is 15.7 Å². The molecule has 0 bridgehead atoms. The molecule has 23 heavy (non-hydrogen) atoms. The lowest BCUT2D eigenvalue weighted by atomic mass is 10.2. The molecule has 0 unspecified atom stereocenters. The highest BCUT2D eigenvalue weighted by Gasteiger charge is 2.16. The van der Waals surface area contributed by atoms with Gasteiger partial charge in [-0.2, -0.15) is 4.68 Å². The summed E-state index contributed by atoms with van der Waals surface area (Å²) in [7, 11) is 0. The average Bonchev–Trinajstić information content (AvgIpc) is 3.13. The van der Waals surface area contributed by atoms with E-state index in [-0.39, 0.29) is 24.8 Å². The zero-order chi connectivity index (χ0) is 16.2. The molecule has 7 nitrogen and oxygen atoms in total. The van der Waals surface area contributed by atoms with Gasteiger partial charge in [-0.3, -0.25) is 4.79 Å². The van der Waals surface area contributed by atoms with Crippen molar-refractivity contribution in [1.29, 1.82) is 0 Å². The summed E-state index contributed by atoms with van der Waals surface area (Å²) in [6, 6.07) is 12.5. The van der Waals surface area contributed by atoms with Crippen molar-refractivity contribution in [2.75, 3.05) is 0 Å². The second kappa shape index (κ2) is 6.66. The standard InChI is InChI=1S/C15H11BrN2O5/c16-12-7-6-11(22-12)14-17-18(15(20)23-14)8-13(19)21-9-10-4-2-1-3-5-10/h1-7H,8-9H2. The minimum Gasteiger partial charge on any atom is -0.459 e. The number of nitrogens with zero attached hydrogens (tertiary/aromatic N) is 2. The van der Waals surface area contributed by atoms with Crippen LogP contribution in [0, 0.1) is 0 Å². The van der Waals surface area contributed by atoms with Crippen LogP contribution in [0.25, 0.3) is 11.7 Å². The molecule has 2 aromatic heterocycles. The molecular weight excluding hydrogens is 368 g/mol. The molecule has 0 fully saturated rings. The van der Waals surface area contributed by atoms with E-state index < -0.39 is 11.7 Å².